The summed E-state index contributed by atoms with van der Waals surface area (Å²) in [5, 5.41) is 11.5. The maximum Gasteiger partial charge on any atom is 0.294 e. The van der Waals surface area contributed by atoms with E-state index in [-0.39, 0.29) is 28.7 Å². The number of rotatable bonds is 5. The second kappa shape index (κ2) is 8.47. The first kappa shape index (κ1) is 20.1. The molecule has 0 unspecified atom stereocenters. The maximum absolute atomic E-state index is 12.5. The molecule has 0 aromatic heterocycles. The lowest BCUT2D eigenvalue weighted by Crippen LogP contribution is -2.14. The Morgan fingerprint density at radius 2 is 1.81 bits per heavy atom. The summed E-state index contributed by atoms with van der Waals surface area (Å²) in [6, 6.07) is 12.0. The molecule has 2 aromatic carbocycles. The van der Waals surface area contributed by atoms with Crippen LogP contribution in [0.3, 0.4) is 0 Å². The molecule has 0 bridgehead atoms. The van der Waals surface area contributed by atoms with E-state index in [1.165, 1.54) is 29.4 Å². The Morgan fingerprint density at radius 3 is 2.52 bits per heavy atom. The number of nitro benzene ring substituents is 1. The van der Waals surface area contributed by atoms with Crippen molar-refractivity contribution in [1.29, 1.82) is 0 Å². The summed E-state index contributed by atoms with van der Waals surface area (Å²) in [5.74, 6) is 0. The third kappa shape index (κ3) is 4.72. The lowest BCUT2D eigenvalue weighted by atomic mass is 10.2. The van der Waals surface area contributed by atoms with Gasteiger partial charge in [-0.3, -0.25) is 19.8 Å². The molecule has 1 aliphatic heterocycles. The Morgan fingerprint density at radius 1 is 1.07 bits per heavy atom. The number of anilines is 2. The van der Waals surface area contributed by atoms with Crippen molar-refractivity contribution in [3.63, 3.8) is 0 Å². The van der Waals surface area contributed by atoms with Crippen LogP contribution in [-0.4, -0.2) is 19.6 Å². The molecule has 140 valence electrons. The van der Waals surface area contributed by atoms with E-state index in [2.05, 4.69) is 9.71 Å². The van der Waals surface area contributed by atoms with Crippen molar-refractivity contribution < 1.29 is 13.3 Å². The molecule has 1 N–H and O–H groups in total. The highest BCUT2D eigenvalue weighted by Gasteiger charge is 2.23. The third-order valence-electron chi connectivity index (χ3n) is 3.49. The highest BCUT2D eigenvalue weighted by atomic mass is 35.5. The normalized spacial score (nSPS) is 13.0. The molecule has 1 heterocycles. The molecule has 3 rings (SSSR count). The largest absolute Gasteiger partial charge is 0.316 e. The first-order valence-corrected chi connectivity index (χ1v) is 8.97. The Kier molecular flexibility index (Phi) is 6.32. The van der Waals surface area contributed by atoms with Crippen molar-refractivity contribution in [2.75, 3.05) is 9.62 Å². The number of allylic oxidation sites excluding steroid dienone is 1. The van der Waals surface area contributed by atoms with Crippen LogP contribution in [0.25, 0.3) is 0 Å². The number of nitrogens with one attached hydrogen (secondary N) is 1. The fourth-order valence-electron chi connectivity index (χ4n) is 2.31. The second-order valence-electron chi connectivity index (χ2n) is 5.22. The molecule has 8 nitrogen and oxygen atoms in total. The molecule has 10 heteroatoms. The summed E-state index contributed by atoms with van der Waals surface area (Å²) in [4.78, 5) is 16.1. The number of aliphatic imine (C=N–C) groups is 1. The molecule has 0 amide bonds. The molecular formula is C17H15ClN4O4S. The number of sulfonamides is 1. The van der Waals surface area contributed by atoms with Gasteiger partial charge >= 0.3 is 0 Å². The standard InChI is InChI=1S/C17H14N4O4S.ClH/c22-21(23)17-13-15(26(24,25)19-14-5-2-1-3-6-14)7-8-16(17)20-11-4-9-18-10-12-20;/h1-13,19H;1H. The molecule has 0 fully saturated rings. The minimum Gasteiger partial charge on any atom is -0.316 e. The van der Waals surface area contributed by atoms with E-state index in [0.717, 1.165) is 6.07 Å². The van der Waals surface area contributed by atoms with Gasteiger partial charge < -0.3 is 4.90 Å². The van der Waals surface area contributed by atoms with Crippen LogP contribution < -0.4 is 9.62 Å². The van der Waals surface area contributed by atoms with Gasteiger partial charge in [0.2, 0.25) is 0 Å². The molecule has 0 atom stereocenters. The zero-order valence-electron chi connectivity index (χ0n) is 13.8. The SMILES string of the molecule is Cl.O=[N+]([O-])c1cc(S(=O)(=O)Nc2ccccc2)ccc1N1C=CC=NC=C1. The molecular weight excluding hydrogens is 392 g/mol. The Bertz CT molecular complexity index is 1000. The molecule has 0 aliphatic carbocycles. The van der Waals surface area contributed by atoms with Crippen LogP contribution in [0.2, 0.25) is 0 Å². The number of hydrogen-bond donors (Lipinski definition) is 1. The van der Waals surface area contributed by atoms with E-state index in [9.17, 15) is 18.5 Å². The molecule has 0 radical (unpaired) electrons. The van der Waals surface area contributed by atoms with Crippen LogP contribution in [0, 0.1) is 10.1 Å². The topological polar surface area (TPSA) is 105 Å². The molecule has 0 saturated carbocycles. The summed E-state index contributed by atoms with van der Waals surface area (Å²) < 4.78 is 27.4. The summed E-state index contributed by atoms with van der Waals surface area (Å²) in [5.41, 5.74) is 0.263. The first-order valence-electron chi connectivity index (χ1n) is 7.49. The van der Waals surface area contributed by atoms with Crippen molar-refractivity contribution in [1.82, 2.24) is 0 Å². The van der Waals surface area contributed by atoms with Crippen LogP contribution in [0.5, 0.6) is 0 Å². The number of halogens is 1. The second-order valence-corrected chi connectivity index (χ2v) is 6.91. The van der Waals surface area contributed by atoms with E-state index in [4.69, 9.17) is 0 Å². The van der Waals surface area contributed by atoms with Crippen LogP contribution in [-0.2, 0) is 10.0 Å². The van der Waals surface area contributed by atoms with Gasteiger partial charge in [-0.2, -0.15) is 0 Å². The lowest BCUT2D eigenvalue weighted by molar-refractivity contribution is -0.384. The van der Waals surface area contributed by atoms with E-state index in [1.807, 2.05) is 0 Å². The van der Waals surface area contributed by atoms with Crippen LogP contribution >= 0.6 is 12.4 Å². The van der Waals surface area contributed by atoms with Gasteiger partial charge in [0.05, 0.1) is 9.82 Å². The number of hydrogen-bond acceptors (Lipinski definition) is 6. The zero-order chi connectivity index (χ0) is 18.6. The number of benzene rings is 2. The van der Waals surface area contributed by atoms with Gasteiger partial charge in [0, 0.05) is 36.6 Å². The number of para-hydroxylation sites is 1. The fourth-order valence-corrected chi connectivity index (χ4v) is 3.38. The van der Waals surface area contributed by atoms with Gasteiger partial charge in [0.25, 0.3) is 15.7 Å². The monoisotopic (exact) mass is 406 g/mol. The zero-order valence-corrected chi connectivity index (χ0v) is 15.4. The maximum atomic E-state index is 12.5. The predicted molar refractivity (Wildman–Crippen MR) is 107 cm³/mol. The molecule has 27 heavy (non-hydrogen) atoms. The van der Waals surface area contributed by atoms with E-state index in [0.29, 0.717) is 5.69 Å². The van der Waals surface area contributed by atoms with Crippen molar-refractivity contribution >= 4 is 45.7 Å². The minimum atomic E-state index is -3.96. The fraction of sp³-hybridized carbons (Fsp3) is 0. The Hall–Kier alpha value is -3.17. The average Bonchev–Trinajstić information content (AvgIpc) is 2.91. The summed E-state index contributed by atoms with van der Waals surface area (Å²) in [6.45, 7) is 0. The van der Waals surface area contributed by atoms with Crippen molar-refractivity contribution in [2.24, 2.45) is 4.99 Å². The number of nitrogens with zero attached hydrogens (tertiary/aromatic N) is 3. The lowest BCUT2D eigenvalue weighted by Gasteiger charge is -2.15. The van der Waals surface area contributed by atoms with Crippen molar-refractivity contribution in [3.8, 4) is 0 Å². The van der Waals surface area contributed by atoms with Crippen molar-refractivity contribution in [3.05, 3.63) is 83.3 Å². The van der Waals surface area contributed by atoms with Gasteiger partial charge in [-0.25, -0.2) is 8.42 Å². The van der Waals surface area contributed by atoms with Gasteiger partial charge in [-0.05, 0) is 30.3 Å². The van der Waals surface area contributed by atoms with E-state index >= 15 is 0 Å². The molecule has 0 saturated heterocycles. The van der Waals surface area contributed by atoms with Gasteiger partial charge in [0.1, 0.15) is 5.69 Å². The quantitative estimate of drug-likeness (QED) is 0.602. The number of nitro groups is 1. The van der Waals surface area contributed by atoms with Gasteiger partial charge in [-0.15, -0.1) is 12.4 Å². The van der Waals surface area contributed by atoms with Gasteiger partial charge in [-0.1, -0.05) is 18.2 Å². The Labute approximate surface area is 162 Å². The molecule has 1 aliphatic rings. The highest BCUT2D eigenvalue weighted by Crippen LogP contribution is 2.32. The smallest absolute Gasteiger partial charge is 0.294 e. The van der Waals surface area contributed by atoms with E-state index in [1.54, 1.807) is 48.8 Å². The third-order valence-corrected chi connectivity index (χ3v) is 4.87. The Balaban J connectivity index is 0.00000261. The van der Waals surface area contributed by atoms with Crippen LogP contribution in [0.1, 0.15) is 0 Å². The summed E-state index contributed by atoms with van der Waals surface area (Å²) in [7, 11) is -3.96. The average molecular weight is 407 g/mol. The first-order chi connectivity index (χ1) is 12.5. The van der Waals surface area contributed by atoms with Gasteiger partial charge in [0.15, 0.2) is 0 Å². The molecule has 0 spiro atoms. The summed E-state index contributed by atoms with van der Waals surface area (Å²) in [6.07, 6.45) is 7.76. The van der Waals surface area contributed by atoms with E-state index < -0.39 is 14.9 Å². The minimum absolute atomic E-state index is 0. The van der Waals surface area contributed by atoms with Crippen molar-refractivity contribution in [2.45, 2.75) is 4.90 Å². The predicted octanol–water partition coefficient (Wildman–Crippen LogP) is 3.69. The molecule has 2 aromatic rings. The summed E-state index contributed by atoms with van der Waals surface area (Å²) >= 11 is 0. The van der Waals surface area contributed by atoms with Crippen LogP contribution in [0.15, 0.2) is 83.1 Å². The highest BCUT2D eigenvalue weighted by molar-refractivity contribution is 7.92. The van der Waals surface area contributed by atoms with Crippen LogP contribution in [0.4, 0.5) is 17.1 Å².